The van der Waals surface area contributed by atoms with Crippen LogP contribution in [-0.2, 0) is 10.2 Å². The molecule has 5 nitrogen and oxygen atoms in total. The molecule has 0 aliphatic rings. The largest absolute Gasteiger partial charge is 0.481 e. The van der Waals surface area contributed by atoms with Gasteiger partial charge in [0.05, 0.1) is 23.7 Å². The Bertz CT molecular complexity index is 608. The zero-order valence-corrected chi connectivity index (χ0v) is 10.3. The van der Waals surface area contributed by atoms with Crippen molar-refractivity contribution >= 4 is 22.8 Å². The molecule has 0 aliphatic carbocycles. The number of aliphatic carboxylic acids is 1. The van der Waals surface area contributed by atoms with Crippen LogP contribution in [0.4, 0.5) is 5.82 Å². The standard InChI is InChI=1S/C13H15N3O2/c1-13(2,6-12(17)18)8-3-4-9-10(5-8)15-7-11(14)16-9/h3-5,7H,6H2,1-2H3,(H2,14,16)(H,17,18). The molecule has 5 heteroatoms. The molecule has 0 radical (unpaired) electrons. The van der Waals surface area contributed by atoms with Crippen molar-refractivity contribution in [3.8, 4) is 0 Å². The summed E-state index contributed by atoms with van der Waals surface area (Å²) in [7, 11) is 0. The number of nitrogen functional groups attached to an aromatic ring is 1. The van der Waals surface area contributed by atoms with Crippen LogP contribution in [0.2, 0.25) is 0 Å². The third kappa shape index (κ3) is 2.40. The Morgan fingerprint density at radius 1 is 1.39 bits per heavy atom. The van der Waals surface area contributed by atoms with Crippen LogP contribution in [-0.4, -0.2) is 21.0 Å². The molecule has 0 amide bonds. The molecule has 0 saturated heterocycles. The first kappa shape index (κ1) is 12.3. The summed E-state index contributed by atoms with van der Waals surface area (Å²) < 4.78 is 0. The van der Waals surface area contributed by atoms with Crippen molar-refractivity contribution in [2.75, 3.05) is 5.73 Å². The first-order chi connectivity index (χ1) is 8.38. The zero-order valence-electron chi connectivity index (χ0n) is 10.3. The minimum Gasteiger partial charge on any atom is -0.481 e. The third-order valence-electron chi connectivity index (χ3n) is 2.94. The van der Waals surface area contributed by atoms with E-state index in [1.54, 1.807) is 0 Å². The molecule has 1 aromatic carbocycles. The molecule has 0 unspecified atom stereocenters. The Balaban J connectivity index is 2.47. The number of hydrogen-bond donors (Lipinski definition) is 2. The summed E-state index contributed by atoms with van der Waals surface area (Å²) in [5.74, 6) is -0.441. The number of rotatable bonds is 3. The average Bonchev–Trinajstić information content (AvgIpc) is 2.26. The first-order valence-electron chi connectivity index (χ1n) is 5.63. The Morgan fingerprint density at radius 3 is 2.78 bits per heavy atom. The molecule has 0 fully saturated rings. The van der Waals surface area contributed by atoms with Gasteiger partial charge >= 0.3 is 5.97 Å². The van der Waals surface area contributed by atoms with Crippen LogP contribution in [0.5, 0.6) is 0 Å². The van der Waals surface area contributed by atoms with E-state index in [4.69, 9.17) is 10.8 Å². The number of hydrogen-bond acceptors (Lipinski definition) is 4. The second kappa shape index (κ2) is 4.25. The smallest absolute Gasteiger partial charge is 0.304 e. The van der Waals surface area contributed by atoms with Gasteiger partial charge in [0.2, 0.25) is 0 Å². The van der Waals surface area contributed by atoms with Gasteiger partial charge in [0.1, 0.15) is 5.82 Å². The van der Waals surface area contributed by atoms with E-state index in [-0.39, 0.29) is 6.42 Å². The van der Waals surface area contributed by atoms with E-state index in [0.29, 0.717) is 11.3 Å². The lowest BCUT2D eigenvalue weighted by atomic mass is 9.81. The first-order valence-corrected chi connectivity index (χ1v) is 5.63. The fourth-order valence-corrected chi connectivity index (χ4v) is 1.93. The van der Waals surface area contributed by atoms with Crippen molar-refractivity contribution in [2.24, 2.45) is 0 Å². The molecular formula is C13H15N3O2. The van der Waals surface area contributed by atoms with E-state index < -0.39 is 11.4 Å². The van der Waals surface area contributed by atoms with Crippen molar-refractivity contribution in [3.05, 3.63) is 30.0 Å². The fourth-order valence-electron chi connectivity index (χ4n) is 1.93. The van der Waals surface area contributed by atoms with Gasteiger partial charge in [-0.15, -0.1) is 0 Å². The maximum absolute atomic E-state index is 10.9. The van der Waals surface area contributed by atoms with Crippen molar-refractivity contribution in [2.45, 2.75) is 25.7 Å². The molecule has 2 aromatic rings. The van der Waals surface area contributed by atoms with Gasteiger partial charge in [-0.1, -0.05) is 19.9 Å². The van der Waals surface area contributed by atoms with Crippen LogP contribution in [0.25, 0.3) is 11.0 Å². The molecule has 1 aromatic heterocycles. The van der Waals surface area contributed by atoms with Crippen LogP contribution in [0.1, 0.15) is 25.8 Å². The predicted octanol–water partition coefficient (Wildman–Crippen LogP) is 1.96. The lowest BCUT2D eigenvalue weighted by Gasteiger charge is -2.23. The highest BCUT2D eigenvalue weighted by atomic mass is 16.4. The minimum atomic E-state index is -0.816. The predicted molar refractivity (Wildman–Crippen MR) is 69.2 cm³/mol. The molecule has 18 heavy (non-hydrogen) atoms. The topological polar surface area (TPSA) is 89.1 Å². The molecule has 0 aliphatic heterocycles. The number of carboxylic acid groups (broad SMARTS) is 1. The highest BCUT2D eigenvalue weighted by Crippen LogP contribution is 2.28. The number of nitrogens with two attached hydrogens (primary N) is 1. The second-order valence-corrected chi connectivity index (χ2v) is 4.95. The van der Waals surface area contributed by atoms with Gasteiger partial charge in [-0.3, -0.25) is 9.78 Å². The van der Waals surface area contributed by atoms with Crippen molar-refractivity contribution in [1.82, 2.24) is 9.97 Å². The van der Waals surface area contributed by atoms with Crippen LogP contribution in [0.15, 0.2) is 24.4 Å². The van der Waals surface area contributed by atoms with Gasteiger partial charge in [-0.25, -0.2) is 4.98 Å². The summed E-state index contributed by atoms with van der Waals surface area (Å²) in [4.78, 5) is 19.2. The number of anilines is 1. The Morgan fingerprint density at radius 2 is 2.11 bits per heavy atom. The Kier molecular flexibility index (Phi) is 2.90. The molecule has 0 spiro atoms. The van der Waals surface area contributed by atoms with Gasteiger partial charge in [0.15, 0.2) is 0 Å². The van der Waals surface area contributed by atoms with Crippen LogP contribution in [0.3, 0.4) is 0 Å². The normalized spacial score (nSPS) is 11.7. The molecular weight excluding hydrogens is 230 g/mol. The molecule has 1 heterocycles. The fraction of sp³-hybridized carbons (Fsp3) is 0.308. The van der Waals surface area contributed by atoms with E-state index in [1.165, 1.54) is 6.20 Å². The van der Waals surface area contributed by atoms with Crippen LogP contribution in [0, 0.1) is 0 Å². The van der Waals surface area contributed by atoms with Gasteiger partial charge < -0.3 is 10.8 Å². The lowest BCUT2D eigenvalue weighted by Crippen LogP contribution is -2.21. The molecule has 2 rings (SSSR count). The van der Waals surface area contributed by atoms with Crippen molar-refractivity contribution in [3.63, 3.8) is 0 Å². The number of fused-ring (bicyclic) bond motifs is 1. The van der Waals surface area contributed by atoms with Crippen molar-refractivity contribution < 1.29 is 9.90 Å². The number of nitrogens with zero attached hydrogens (tertiary/aromatic N) is 2. The SMILES string of the molecule is CC(C)(CC(=O)O)c1ccc2nc(N)cnc2c1. The average molecular weight is 245 g/mol. The number of carbonyl (C=O) groups is 1. The Labute approximate surface area is 105 Å². The minimum absolute atomic E-state index is 0.0703. The van der Waals surface area contributed by atoms with E-state index in [0.717, 1.165) is 11.1 Å². The molecule has 0 atom stereocenters. The number of benzene rings is 1. The summed E-state index contributed by atoms with van der Waals surface area (Å²) >= 11 is 0. The summed E-state index contributed by atoms with van der Waals surface area (Å²) in [5.41, 5.74) is 7.48. The maximum Gasteiger partial charge on any atom is 0.304 e. The van der Waals surface area contributed by atoms with Gasteiger partial charge in [0.25, 0.3) is 0 Å². The quantitative estimate of drug-likeness (QED) is 0.862. The summed E-state index contributed by atoms with van der Waals surface area (Å²) in [6.45, 7) is 3.79. The summed E-state index contributed by atoms with van der Waals surface area (Å²) in [5, 5.41) is 8.92. The van der Waals surface area contributed by atoms with E-state index >= 15 is 0 Å². The zero-order chi connectivity index (χ0) is 13.3. The van der Waals surface area contributed by atoms with Gasteiger partial charge in [-0.05, 0) is 17.7 Å². The van der Waals surface area contributed by atoms with Gasteiger partial charge in [-0.2, -0.15) is 0 Å². The second-order valence-electron chi connectivity index (χ2n) is 4.95. The van der Waals surface area contributed by atoms with E-state index in [1.807, 2.05) is 32.0 Å². The van der Waals surface area contributed by atoms with Gasteiger partial charge in [0, 0.05) is 5.41 Å². The summed E-state index contributed by atoms with van der Waals surface area (Å²) in [6, 6.07) is 5.56. The molecule has 0 saturated carbocycles. The molecule has 3 N–H and O–H groups in total. The van der Waals surface area contributed by atoms with Crippen LogP contribution < -0.4 is 5.73 Å². The highest BCUT2D eigenvalue weighted by molar-refractivity contribution is 5.77. The van der Waals surface area contributed by atoms with Crippen LogP contribution >= 0.6 is 0 Å². The van der Waals surface area contributed by atoms with E-state index in [2.05, 4.69) is 9.97 Å². The summed E-state index contributed by atoms with van der Waals surface area (Å²) in [6.07, 6.45) is 1.57. The lowest BCUT2D eigenvalue weighted by molar-refractivity contribution is -0.138. The highest BCUT2D eigenvalue weighted by Gasteiger charge is 2.24. The number of carboxylic acids is 1. The third-order valence-corrected chi connectivity index (χ3v) is 2.94. The number of aromatic nitrogens is 2. The molecule has 94 valence electrons. The maximum atomic E-state index is 10.9. The Hall–Kier alpha value is -2.17. The van der Waals surface area contributed by atoms with E-state index in [9.17, 15) is 4.79 Å². The molecule has 0 bridgehead atoms. The monoisotopic (exact) mass is 245 g/mol. The van der Waals surface area contributed by atoms with Crippen molar-refractivity contribution in [1.29, 1.82) is 0 Å².